The third kappa shape index (κ3) is 4.18. The van der Waals surface area contributed by atoms with Crippen LogP contribution in [0.2, 0.25) is 0 Å². The Morgan fingerprint density at radius 3 is 2.22 bits per heavy atom. The molecule has 0 saturated heterocycles. The molecule has 0 saturated carbocycles. The van der Waals surface area contributed by atoms with Crippen molar-refractivity contribution in [1.29, 1.82) is 0 Å². The van der Waals surface area contributed by atoms with Crippen LogP contribution in [0.3, 0.4) is 0 Å². The lowest BCUT2D eigenvalue weighted by molar-refractivity contribution is -0.136. The van der Waals surface area contributed by atoms with E-state index in [-0.39, 0.29) is 0 Å². The number of benzene rings is 1. The van der Waals surface area contributed by atoms with Crippen LogP contribution in [0.5, 0.6) is 0 Å². The van der Waals surface area contributed by atoms with Crippen LogP contribution < -0.4 is 5.73 Å². The van der Waals surface area contributed by atoms with Crippen molar-refractivity contribution in [2.45, 2.75) is 38.4 Å². The van der Waals surface area contributed by atoms with Crippen molar-refractivity contribution in [3.63, 3.8) is 0 Å². The van der Waals surface area contributed by atoms with E-state index in [1.807, 2.05) is 12.1 Å². The van der Waals surface area contributed by atoms with Gasteiger partial charge in [-0.1, -0.05) is 50.3 Å². The minimum Gasteiger partial charge on any atom is -0.317 e. The number of rotatable bonds is 4. The number of alkyl halides is 3. The standard InChI is InChI=1S/C14H18F3N/c1-3-10(2)12-7-4-11(5-8-12)6-9-13(18)14(15,16)17/h4-10,13H,3,18H2,1-2H3/t10?,13-/m0/s1. The molecule has 1 unspecified atom stereocenters. The second kappa shape index (κ2) is 6.05. The normalized spacial score (nSPS) is 15.9. The minimum absolute atomic E-state index is 0.459. The SMILES string of the molecule is CCC(C)c1ccc(C=C[C@H](N)C(F)(F)F)cc1. The van der Waals surface area contributed by atoms with Crippen LogP contribution in [0.15, 0.2) is 30.3 Å². The first kappa shape index (κ1) is 14.8. The van der Waals surface area contributed by atoms with Gasteiger partial charge < -0.3 is 5.73 Å². The van der Waals surface area contributed by atoms with E-state index in [0.29, 0.717) is 5.92 Å². The Balaban J connectivity index is 2.72. The van der Waals surface area contributed by atoms with Crippen molar-refractivity contribution in [2.24, 2.45) is 5.73 Å². The van der Waals surface area contributed by atoms with Gasteiger partial charge in [0.05, 0.1) is 0 Å². The van der Waals surface area contributed by atoms with Gasteiger partial charge in [0, 0.05) is 0 Å². The maximum atomic E-state index is 12.2. The molecule has 0 aromatic heterocycles. The largest absolute Gasteiger partial charge is 0.407 e. The summed E-state index contributed by atoms with van der Waals surface area (Å²) < 4.78 is 36.6. The number of hydrogen-bond acceptors (Lipinski definition) is 1. The van der Waals surface area contributed by atoms with E-state index in [9.17, 15) is 13.2 Å². The van der Waals surface area contributed by atoms with Crippen LogP contribution in [0.1, 0.15) is 37.3 Å². The Morgan fingerprint density at radius 1 is 1.22 bits per heavy atom. The highest BCUT2D eigenvalue weighted by molar-refractivity contribution is 5.50. The summed E-state index contributed by atoms with van der Waals surface area (Å²) in [7, 11) is 0. The van der Waals surface area contributed by atoms with Crippen molar-refractivity contribution < 1.29 is 13.2 Å². The lowest BCUT2D eigenvalue weighted by Crippen LogP contribution is -2.35. The van der Waals surface area contributed by atoms with Gasteiger partial charge in [-0.25, -0.2) is 0 Å². The fourth-order valence-electron chi connectivity index (χ4n) is 1.50. The van der Waals surface area contributed by atoms with Crippen molar-refractivity contribution in [2.75, 3.05) is 0 Å². The Hall–Kier alpha value is -1.29. The summed E-state index contributed by atoms with van der Waals surface area (Å²) in [6.45, 7) is 4.21. The van der Waals surface area contributed by atoms with Crippen molar-refractivity contribution >= 4 is 6.08 Å². The Kier molecular flexibility index (Phi) is 4.96. The third-order valence-corrected chi connectivity index (χ3v) is 2.99. The first-order chi connectivity index (χ1) is 8.34. The number of hydrogen-bond donors (Lipinski definition) is 1. The van der Waals surface area contributed by atoms with Crippen LogP contribution in [0, 0.1) is 0 Å². The summed E-state index contributed by atoms with van der Waals surface area (Å²) in [6.07, 6.45) is -0.974. The molecule has 1 aromatic rings. The zero-order valence-corrected chi connectivity index (χ0v) is 10.5. The summed E-state index contributed by atoms with van der Waals surface area (Å²) >= 11 is 0. The molecular formula is C14H18F3N. The average molecular weight is 257 g/mol. The van der Waals surface area contributed by atoms with E-state index < -0.39 is 12.2 Å². The van der Waals surface area contributed by atoms with Gasteiger partial charge in [0.1, 0.15) is 6.04 Å². The zero-order valence-electron chi connectivity index (χ0n) is 10.5. The van der Waals surface area contributed by atoms with Gasteiger partial charge in [-0.05, 0) is 23.5 Å². The Morgan fingerprint density at radius 2 is 1.78 bits per heavy atom. The summed E-state index contributed by atoms with van der Waals surface area (Å²) in [5.41, 5.74) is 6.90. The fraction of sp³-hybridized carbons (Fsp3) is 0.429. The molecule has 0 aliphatic rings. The van der Waals surface area contributed by atoms with Crippen molar-refractivity contribution in [3.8, 4) is 0 Å². The molecule has 100 valence electrons. The molecule has 2 atom stereocenters. The predicted octanol–water partition coefficient (Wildman–Crippen LogP) is 4.10. The van der Waals surface area contributed by atoms with Gasteiger partial charge in [0.2, 0.25) is 0 Å². The lowest BCUT2D eigenvalue weighted by Gasteiger charge is -2.11. The van der Waals surface area contributed by atoms with Crippen molar-refractivity contribution in [3.05, 3.63) is 41.5 Å². The molecule has 18 heavy (non-hydrogen) atoms. The Labute approximate surface area is 105 Å². The topological polar surface area (TPSA) is 26.0 Å². The van der Waals surface area contributed by atoms with E-state index in [0.717, 1.165) is 18.1 Å². The highest BCUT2D eigenvalue weighted by Crippen LogP contribution is 2.21. The lowest BCUT2D eigenvalue weighted by atomic mass is 9.97. The summed E-state index contributed by atoms with van der Waals surface area (Å²) in [5.74, 6) is 0.459. The second-order valence-electron chi connectivity index (χ2n) is 4.40. The van der Waals surface area contributed by atoms with Crippen LogP contribution >= 0.6 is 0 Å². The first-order valence-electron chi connectivity index (χ1n) is 5.95. The van der Waals surface area contributed by atoms with Gasteiger partial charge in [-0.3, -0.25) is 0 Å². The van der Waals surface area contributed by atoms with E-state index >= 15 is 0 Å². The van der Waals surface area contributed by atoms with E-state index in [1.165, 1.54) is 11.6 Å². The third-order valence-electron chi connectivity index (χ3n) is 2.99. The molecule has 0 amide bonds. The number of nitrogens with two attached hydrogens (primary N) is 1. The highest BCUT2D eigenvalue weighted by atomic mass is 19.4. The Bertz CT molecular complexity index is 392. The van der Waals surface area contributed by atoms with E-state index in [4.69, 9.17) is 5.73 Å². The predicted molar refractivity (Wildman–Crippen MR) is 68.2 cm³/mol. The van der Waals surface area contributed by atoms with Gasteiger partial charge in [0.15, 0.2) is 0 Å². The minimum atomic E-state index is -4.38. The molecule has 0 spiro atoms. The molecule has 0 bridgehead atoms. The zero-order chi connectivity index (χ0) is 13.8. The molecule has 1 nitrogen and oxygen atoms in total. The molecule has 4 heteroatoms. The molecule has 2 N–H and O–H groups in total. The summed E-state index contributed by atoms with van der Waals surface area (Å²) in [5, 5.41) is 0. The van der Waals surface area contributed by atoms with Crippen LogP contribution in [-0.2, 0) is 0 Å². The molecule has 0 heterocycles. The molecular weight excluding hydrogens is 239 g/mol. The maximum absolute atomic E-state index is 12.2. The van der Waals surface area contributed by atoms with Gasteiger partial charge >= 0.3 is 6.18 Å². The van der Waals surface area contributed by atoms with Gasteiger partial charge in [0.25, 0.3) is 0 Å². The quantitative estimate of drug-likeness (QED) is 0.863. The second-order valence-corrected chi connectivity index (χ2v) is 4.40. The molecule has 1 aromatic carbocycles. The van der Waals surface area contributed by atoms with E-state index in [2.05, 4.69) is 13.8 Å². The molecule has 0 fully saturated rings. The molecule has 0 aliphatic heterocycles. The van der Waals surface area contributed by atoms with Crippen LogP contribution in [0.4, 0.5) is 13.2 Å². The molecule has 1 rings (SSSR count). The van der Waals surface area contributed by atoms with Crippen molar-refractivity contribution in [1.82, 2.24) is 0 Å². The molecule has 0 radical (unpaired) electrons. The monoisotopic (exact) mass is 257 g/mol. The maximum Gasteiger partial charge on any atom is 0.407 e. The first-order valence-corrected chi connectivity index (χ1v) is 5.95. The number of halogens is 3. The van der Waals surface area contributed by atoms with Crippen LogP contribution in [-0.4, -0.2) is 12.2 Å². The fourth-order valence-corrected chi connectivity index (χ4v) is 1.50. The van der Waals surface area contributed by atoms with E-state index in [1.54, 1.807) is 12.1 Å². The van der Waals surface area contributed by atoms with Gasteiger partial charge in [-0.15, -0.1) is 0 Å². The average Bonchev–Trinajstić information content (AvgIpc) is 2.34. The smallest absolute Gasteiger partial charge is 0.317 e. The van der Waals surface area contributed by atoms with Gasteiger partial charge in [-0.2, -0.15) is 13.2 Å². The highest BCUT2D eigenvalue weighted by Gasteiger charge is 2.34. The van der Waals surface area contributed by atoms with Crippen LogP contribution in [0.25, 0.3) is 6.08 Å². The molecule has 0 aliphatic carbocycles. The summed E-state index contributed by atoms with van der Waals surface area (Å²) in [4.78, 5) is 0. The summed E-state index contributed by atoms with van der Waals surface area (Å²) in [6, 6.07) is 5.58.